The Bertz CT molecular complexity index is 247. The van der Waals surface area contributed by atoms with Crippen LogP contribution in [0.1, 0.15) is 0 Å². The van der Waals surface area contributed by atoms with E-state index in [4.69, 9.17) is 8.83 Å². The van der Waals surface area contributed by atoms with Crippen molar-refractivity contribution in [2.24, 2.45) is 0 Å². The summed E-state index contributed by atoms with van der Waals surface area (Å²) in [5, 5.41) is 0. The minimum atomic E-state index is 0.786. The van der Waals surface area contributed by atoms with Crippen LogP contribution in [-0.2, 0) is 0 Å². The molecule has 10 heavy (non-hydrogen) atoms. The second kappa shape index (κ2) is 2.06. The van der Waals surface area contributed by atoms with Crippen molar-refractivity contribution < 1.29 is 8.83 Å². The lowest BCUT2D eigenvalue weighted by atomic mass is 10.3. The molecule has 0 aromatic carbocycles. The second-order valence-corrected chi connectivity index (χ2v) is 1.93. The standard InChI is InChI=1S/C8H5O2/c1-2-8(10-4-1)7-3-5-9-6-7/h1-3,5-6H. The average Bonchev–Trinajstić information content (AvgIpc) is 2.59. The van der Waals surface area contributed by atoms with Crippen molar-refractivity contribution in [1.29, 1.82) is 0 Å². The maximum absolute atomic E-state index is 4.99. The first-order valence-corrected chi connectivity index (χ1v) is 2.95. The molecule has 0 atom stereocenters. The predicted molar refractivity (Wildman–Crippen MR) is 35.2 cm³/mol. The summed E-state index contributed by atoms with van der Waals surface area (Å²) in [4.78, 5) is 0. The Labute approximate surface area is 58.1 Å². The van der Waals surface area contributed by atoms with Crippen LogP contribution < -0.4 is 0 Å². The van der Waals surface area contributed by atoms with E-state index in [1.165, 1.54) is 0 Å². The fourth-order valence-electron chi connectivity index (χ4n) is 0.801. The highest BCUT2D eigenvalue weighted by Crippen LogP contribution is 2.18. The zero-order valence-electron chi connectivity index (χ0n) is 5.20. The van der Waals surface area contributed by atoms with Gasteiger partial charge in [0, 0.05) is 0 Å². The minimum absolute atomic E-state index is 0.786. The molecule has 0 saturated heterocycles. The van der Waals surface area contributed by atoms with Gasteiger partial charge in [0.15, 0.2) is 6.26 Å². The van der Waals surface area contributed by atoms with Gasteiger partial charge in [0.1, 0.15) is 12.0 Å². The van der Waals surface area contributed by atoms with Crippen LogP contribution in [0.3, 0.4) is 0 Å². The summed E-state index contributed by atoms with van der Waals surface area (Å²) in [6, 6.07) is 5.40. The zero-order chi connectivity index (χ0) is 6.81. The van der Waals surface area contributed by atoms with Crippen LogP contribution in [0.2, 0.25) is 0 Å². The molecule has 0 saturated carbocycles. The molecule has 0 N–H and O–H groups in total. The van der Waals surface area contributed by atoms with E-state index in [0.717, 1.165) is 11.3 Å². The molecule has 0 amide bonds. The SMILES string of the molecule is [c]1ccc(-c2ccoc2)o1. The summed E-state index contributed by atoms with van der Waals surface area (Å²) >= 11 is 0. The zero-order valence-corrected chi connectivity index (χ0v) is 5.20. The van der Waals surface area contributed by atoms with Crippen LogP contribution in [0.15, 0.2) is 39.6 Å². The summed E-state index contributed by atoms with van der Waals surface area (Å²) in [6.07, 6.45) is 5.84. The van der Waals surface area contributed by atoms with Crippen molar-refractivity contribution in [3.05, 3.63) is 37.0 Å². The van der Waals surface area contributed by atoms with Crippen molar-refractivity contribution in [1.82, 2.24) is 0 Å². The van der Waals surface area contributed by atoms with E-state index in [-0.39, 0.29) is 0 Å². The minimum Gasteiger partial charge on any atom is -0.472 e. The molecule has 2 aromatic heterocycles. The summed E-state index contributed by atoms with van der Waals surface area (Å²) in [6.45, 7) is 0. The molecule has 0 aliphatic rings. The molecule has 0 unspecified atom stereocenters. The predicted octanol–water partition coefficient (Wildman–Crippen LogP) is 2.34. The Balaban J connectivity index is 2.48. The third kappa shape index (κ3) is 0.739. The molecular formula is C8H5O2. The highest BCUT2D eigenvalue weighted by Gasteiger charge is 1.99. The van der Waals surface area contributed by atoms with E-state index in [0.29, 0.717) is 0 Å². The van der Waals surface area contributed by atoms with Gasteiger partial charge in [-0.3, -0.25) is 0 Å². The number of rotatable bonds is 1. The molecule has 2 rings (SSSR count). The Morgan fingerprint density at radius 1 is 1.30 bits per heavy atom. The van der Waals surface area contributed by atoms with Gasteiger partial charge < -0.3 is 8.83 Å². The smallest absolute Gasteiger partial charge is 0.170 e. The summed E-state index contributed by atoms with van der Waals surface area (Å²) in [5.41, 5.74) is 0.946. The lowest BCUT2D eigenvalue weighted by molar-refractivity contribution is 0.557. The molecule has 0 aliphatic carbocycles. The molecule has 0 aliphatic heterocycles. The van der Waals surface area contributed by atoms with Gasteiger partial charge in [0.2, 0.25) is 0 Å². The highest BCUT2D eigenvalue weighted by molar-refractivity contribution is 5.54. The molecule has 2 heteroatoms. The fourth-order valence-corrected chi connectivity index (χ4v) is 0.801. The van der Waals surface area contributed by atoms with Crippen LogP contribution in [0.5, 0.6) is 0 Å². The van der Waals surface area contributed by atoms with Crippen molar-refractivity contribution in [2.45, 2.75) is 0 Å². The average molecular weight is 133 g/mol. The monoisotopic (exact) mass is 133 g/mol. The first kappa shape index (κ1) is 5.35. The molecule has 2 aromatic rings. The van der Waals surface area contributed by atoms with Crippen LogP contribution in [-0.4, -0.2) is 0 Å². The lowest BCUT2D eigenvalue weighted by Gasteiger charge is -1.83. The molecule has 0 spiro atoms. The molecular weight excluding hydrogens is 128 g/mol. The van der Waals surface area contributed by atoms with Gasteiger partial charge in [-0.1, -0.05) is 0 Å². The van der Waals surface area contributed by atoms with Crippen LogP contribution in [0.25, 0.3) is 11.3 Å². The summed E-state index contributed by atoms with van der Waals surface area (Å²) in [5.74, 6) is 0.786. The van der Waals surface area contributed by atoms with E-state index in [2.05, 4.69) is 6.26 Å². The normalized spacial score (nSPS) is 10.0. The Morgan fingerprint density at radius 3 is 2.90 bits per heavy atom. The van der Waals surface area contributed by atoms with E-state index < -0.39 is 0 Å². The number of hydrogen-bond donors (Lipinski definition) is 0. The van der Waals surface area contributed by atoms with E-state index in [1.54, 1.807) is 18.6 Å². The Hall–Kier alpha value is -1.44. The van der Waals surface area contributed by atoms with Crippen LogP contribution >= 0.6 is 0 Å². The van der Waals surface area contributed by atoms with Crippen LogP contribution in [0, 0.1) is 6.26 Å². The Morgan fingerprint density at radius 2 is 2.30 bits per heavy atom. The second-order valence-electron chi connectivity index (χ2n) is 1.93. The third-order valence-corrected chi connectivity index (χ3v) is 1.28. The molecule has 0 fully saturated rings. The quantitative estimate of drug-likeness (QED) is 0.596. The fraction of sp³-hybridized carbons (Fsp3) is 0. The molecule has 2 heterocycles. The first-order valence-electron chi connectivity index (χ1n) is 2.95. The van der Waals surface area contributed by atoms with Crippen molar-refractivity contribution in [3.8, 4) is 11.3 Å². The summed E-state index contributed by atoms with van der Waals surface area (Å²) in [7, 11) is 0. The van der Waals surface area contributed by atoms with Gasteiger partial charge in [0.05, 0.1) is 11.8 Å². The van der Waals surface area contributed by atoms with Gasteiger partial charge >= 0.3 is 0 Å². The van der Waals surface area contributed by atoms with E-state index in [1.807, 2.05) is 12.1 Å². The van der Waals surface area contributed by atoms with Crippen LogP contribution in [0.4, 0.5) is 0 Å². The van der Waals surface area contributed by atoms with Gasteiger partial charge in [-0.15, -0.1) is 0 Å². The third-order valence-electron chi connectivity index (χ3n) is 1.28. The maximum atomic E-state index is 4.99. The summed E-state index contributed by atoms with van der Waals surface area (Å²) < 4.78 is 9.86. The van der Waals surface area contributed by atoms with Gasteiger partial charge in [-0.25, -0.2) is 0 Å². The van der Waals surface area contributed by atoms with Crippen molar-refractivity contribution in [2.75, 3.05) is 0 Å². The first-order chi connectivity index (χ1) is 4.97. The molecule has 49 valence electrons. The topological polar surface area (TPSA) is 26.3 Å². The van der Waals surface area contributed by atoms with Crippen molar-refractivity contribution >= 4 is 0 Å². The lowest BCUT2D eigenvalue weighted by Crippen LogP contribution is -1.61. The highest BCUT2D eigenvalue weighted by atomic mass is 16.3. The van der Waals surface area contributed by atoms with Gasteiger partial charge in [0.25, 0.3) is 0 Å². The molecule has 2 nitrogen and oxygen atoms in total. The largest absolute Gasteiger partial charge is 0.472 e. The van der Waals surface area contributed by atoms with E-state index in [9.17, 15) is 0 Å². The van der Waals surface area contributed by atoms with Gasteiger partial charge in [-0.05, 0) is 18.2 Å². The Kier molecular flexibility index (Phi) is 1.10. The number of hydrogen-bond acceptors (Lipinski definition) is 2. The maximum Gasteiger partial charge on any atom is 0.170 e. The number of furan rings is 2. The van der Waals surface area contributed by atoms with E-state index >= 15 is 0 Å². The van der Waals surface area contributed by atoms with Crippen molar-refractivity contribution in [3.63, 3.8) is 0 Å². The van der Waals surface area contributed by atoms with Gasteiger partial charge in [-0.2, -0.15) is 0 Å². The molecule has 0 bridgehead atoms. The molecule has 1 radical (unpaired) electrons.